The van der Waals surface area contributed by atoms with Crippen molar-refractivity contribution in [3.05, 3.63) is 58.1 Å². The molecule has 0 saturated heterocycles. The highest BCUT2D eigenvalue weighted by Gasteiger charge is 2.06. The van der Waals surface area contributed by atoms with Crippen molar-refractivity contribution in [2.45, 2.75) is 0 Å². The molecule has 0 unspecified atom stereocenters. The van der Waals surface area contributed by atoms with Gasteiger partial charge in [0.15, 0.2) is 0 Å². The summed E-state index contributed by atoms with van der Waals surface area (Å²) in [6.45, 7) is 0. The molecular formula is C14H11Cl2NO2. The molecule has 0 aliphatic rings. The van der Waals surface area contributed by atoms with Gasteiger partial charge >= 0.3 is 5.97 Å². The Hall–Kier alpha value is -1.71. The van der Waals surface area contributed by atoms with Gasteiger partial charge in [-0.15, -0.1) is 0 Å². The maximum atomic E-state index is 11.4. The van der Waals surface area contributed by atoms with Gasteiger partial charge in [0, 0.05) is 11.4 Å². The van der Waals surface area contributed by atoms with E-state index in [1.807, 2.05) is 6.07 Å². The van der Waals surface area contributed by atoms with Crippen LogP contribution < -0.4 is 5.32 Å². The van der Waals surface area contributed by atoms with E-state index in [-0.39, 0.29) is 5.97 Å². The monoisotopic (exact) mass is 295 g/mol. The van der Waals surface area contributed by atoms with Gasteiger partial charge in [-0.3, -0.25) is 0 Å². The highest BCUT2D eigenvalue weighted by Crippen LogP contribution is 2.27. The van der Waals surface area contributed by atoms with Crippen molar-refractivity contribution in [3.8, 4) is 0 Å². The quantitative estimate of drug-likeness (QED) is 0.846. The van der Waals surface area contributed by atoms with Crippen LogP contribution in [-0.2, 0) is 4.74 Å². The molecule has 0 spiro atoms. The van der Waals surface area contributed by atoms with E-state index < -0.39 is 0 Å². The Morgan fingerprint density at radius 3 is 2.47 bits per heavy atom. The van der Waals surface area contributed by atoms with Gasteiger partial charge in [-0.05, 0) is 36.4 Å². The van der Waals surface area contributed by atoms with Crippen LogP contribution in [0.15, 0.2) is 42.5 Å². The third-order valence-corrected chi connectivity index (χ3v) is 3.23. The first-order chi connectivity index (χ1) is 9.10. The number of hydrogen-bond acceptors (Lipinski definition) is 3. The number of ether oxygens (including phenoxy) is 1. The van der Waals surface area contributed by atoms with Gasteiger partial charge in [0.05, 0.1) is 22.7 Å². The zero-order chi connectivity index (χ0) is 13.8. The molecule has 0 radical (unpaired) electrons. The molecule has 0 atom stereocenters. The molecule has 0 heterocycles. The predicted molar refractivity (Wildman–Crippen MR) is 77.5 cm³/mol. The van der Waals surface area contributed by atoms with Crippen LogP contribution in [0, 0.1) is 0 Å². The number of hydrogen-bond donors (Lipinski definition) is 1. The molecule has 5 heteroatoms. The van der Waals surface area contributed by atoms with E-state index in [0.29, 0.717) is 15.6 Å². The number of nitrogens with one attached hydrogen (secondary N) is 1. The van der Waals surface area contributed by atoms with Crippen molar-refractivity contribution >= 4 is 40.5 Å². The summed E-state index contributed by atoms with van der Waals surface area (Å²) in [6.07, 6.45) is 0. The SMILES string of the molecule is COC(=O)c1cccc(Nc2ccc(Cl)c(Cl)c2)c1. The summed E-state index contributed by atoms with van der Waals surface area (Å²) in [5, 5.41) is 4.10. The first-order valence-electron chi connectivity index (χ1n) is 5.50. The lowest BCUT2D eigenvalue weighted by Gasteiger charge is -2.08. The van der Waals surface area contributed by atoms with Crippen LogP contribution >= 0.6 is 23.2 Å². The number of carbonyl (C=O) groups excluding carboxylic acids is 1. The Kier molecular flexibility index (Phi) is 4.30. The lowest BCUT2D eigenvalue weighted by atomic mass is 10.2. The first kappa shape index (κ1) is 13.7. The Labute approximate surface area is 121 Å². The fourth-order valence-corrected chi connectivity index (χ4v) is 1.88. The molecule has 19 heavy (non-hydrogen) atoms. The molecule has 0 amide bonds. The molecule has 0 aliphatic carbocycles. The molecule has 0 bridgehead atoms. The van der Waals surface area contributed by atoms with Crippen molar-refractivity contribution in [1.29, 1.82) is 0 Å². The van der Waals surface area contributed by atoms with Crippen LogP contribution in [0.2, 0.25) is 10.0 Å². The topological polar surface area (TPSA) is 38.3 Å². The molecule has 98 valence electrons. The van der Waals surface area contributed by atoms with Crippen LogP contribution in [0.25, 0.3) is 0 Å². The summed E-state index contributed by atoms with van der Waals surface area (Å²) in [6, 6.07) is 12.2. The van der Waals surface area contributed by atoms with E-state index >= 15 is 0 Å². The number of rotatable bonds is 3. The van der Waals surface area contributed by atoms with Crippen molar-refractivity contribution in [2.24, 2.45) is 0 Å². The largest absolute Gasteiger partial charge is 0.465 e. The predicted octanol–water partition coefficient (Wildman–Crippen LogP) is 4.52. The van der Waals surface area contributed by atoms with Gasteiger partial charge in [-0.2, -0.15) is 0 Å². The lowest BCUT2D eigenvalue weighted by Crippen LogP contribution is -2.01. The third-order valence-electron chi connectivity index (χ3n) is 2.49. The molecule has 1 N–H and O–H groups in total. The molecular weight excluding hydrogens is 285 g/mol. The first-order valence-corrected chi connectivity index (χ1v) is 6.26. The maximum Gasteiger partial charge on any atom is 0.337 e. The van der Waals surface area contributed by atoms with Gasteiger partial charge in [-0.1, -0.05) is 29.3 Å². The second kappa shape index (κ2) is 5.95. The van der Waals surface area contributed by atoms with Crippen LogP contribution in [0.1, 0.15) is 10.4 Å². The van der Waals surface area contributed by atoms with Crippen molar-refractivity contribution in [3.63, 3.8) is 0 Å². The number of carbonyl (C=O) groups is 1. The van der Waals surface area contributed by atoms with Gasteiger partial charge in [0.25, 0.3) is 0 Å². The highest BCUT2D eigenvalue weighted by molar-refractivity contribution is 6.42. The summed E-state index contributed by atoms with van der Waals surface area (Å²) in [4.78, 5) is 11.4. The fourth-order valence-electron chi connectivity index (χ4n) is 1.58. The summed E-state index contributed by atoms with van der Waals surface area (Å²) in [5.74, 6) is -0.377. The van der Waals surface area contributed by atoms with Crippen LogP contribution in [-0.4, -0.2) is 13.1 Å². The van der Waals surface area contributed by atoms with Crippen LogP contribution in [0.5, 0.6) is 0 Å². The summed E-state index contributed by atoms with van der Waals surface area (Å²) >= 11 is 11.8. The minimum Gasteiger partial charge on any atom is -0.465 e. The number of benzene rings is 2. The Morgan fingerprint density at radius 1 is 1.05 bits per heavy atom. The van der Waals surface area contributed by atoms with E-state index in [1.165, 1.54) is 7.11 Å². The maximum absolute atomic E-state index is 11.4. The zero-order valence-corrected chi connectivity index (χ0v) is 11.6. The van der Waals surface area contributed by atoms with E-state index in [4.69, 9.17) is 23.2 Å². The van der Waals surface area contributed by atoms with Crippen molar-refractivity contribution < 1.29 is 9.53 Å². The fraction of sp³-hybridized carbons (Fsp3) is 0.0714. The number of halogens is 2. The molecule has 2 aromatic carbocycles. The van der Waals surface area contributed by atoms with Crippen molar-refractivity contribution in [2.75, 3.05) is 12.4 Å². The van der Waals surface area contributed by atoms with E-state index in [9.17, 15) is 4.79 Å². The van der Waals surface area contributed by atoms with Crippen molar-refractivity contribution in [1.82, 2.24) is 0 Å². The zero-order valence-electron chi connectivity index (χ0n) is 10.1. The molecule has 0 fully saturated rings. The summed E-state index contributed by atoms with van der Waals surface area (Å²) < 4.78 is 4.67. The molecule has 0 aliphatic heterocycles. The van der Waals surface area contributed by atoms with Gasteiger partial charge < -0.3 is 10.1 Å². The smallest absolute Gasteiger partial charge is 0.337 e. The van der Waals surface area contributed by atoms with Gasteiger partial charge in [0.2, 0.25) is 0 Å². The minimum atomic E-state index is -0.377. The minimum absolute atomic E-state index is 0.377. The van der Waals surface area contributed by atoms with Gasteiger partial charge in [-0.25, -0.2) is 4.79 Å². The second-order valence-electron chi connectivity index (χ2n) is 3.83. The standard InChI is InChI=1S/C14H11Cl2NO2/c1-19-14(18)9-3-2-4-10(7-9)17-11-5-6-12(15)13(16)8-11/h2-8,17H,1H3. The average Bonchev–Trinajstić information content (AvgIpc) is 2.42. The Balaban J connectivity index is 2.23. The summed E-state index contributed by atoms with van der Waals surface area (Å²) in [5.41, 5.74) is 2.03. The Bertz CT molecular complexity index is 614. The molecule has 0 saturated carbocycles. The second-order valence-corrected chi connectivity index (χ2v) is 4.64. The number of anilines is 2. The number of esters is 1. The molecule has 2 rings (SSSR count). The average molecular weight is 296 g/mol. The third kappa shape index (κ3) is 3.40. The van der Waals surface area contributed by atoms with E-state index in [0.717, 1.165) is 11.4 Å². The normalized spacial score (nSPS) is 10.1. The Morgan fingerprint density at radius 2 is 1.79 bits per heavy atom. The van der Waals surface area contributed by atoms with Gasteiger partial charge in [0.1, 0.15) is 0 Å². The van der Waals surface area contributed by atoms with Crippen LogP contribution in [0.3, 0.4) is 0 Å². The highest BCUT2D eigenvalue weighted by atomic mass is 35.5. The van der Waals surface area contributed by atoms with E-state index in [2.05, 4.69) is 10.1 Å². The number of methoxy groups -OCH3 is 1. The lowest BCUT2D eigenvalue weighted by molar-refractivity contribution is 0.0601. The molecule has 2 aromatic rings. The van der Waals surface area contributed by atoms with E-state index in [1.54, 1.807) is 36.4 Å². The molecule has 0 aromatic heterocycles. The summed E-state index contributed by atoms with van der Waals surface area (Å²) in [7, 11) is 1.35. The van der Waals surface area contributed by atoms with Crippen LogP contribution in [0.4, 0.5) is 11.4 Å². The molecule has 3 nitrogen and oxygen atoms in total.